The van der Waals surface area contributed by atoms with Gasteiger partial charge < -0.3 is 5.11 Å². The van der Waals surface area contributed by atoms with E-state index in [9.17, 15) is 4.79 Å². The second-order valence-electron chi connectivity index (χ2n) is 3.98. The van der Waals surface area contributed by atoms with E-state index >= 15 is 0 Å². The third-order valence-corrected chi connectivity index (χ3v) is 3.79. The molecule has 14 heavy (non-hydrogen) atoms. The maximum absolute atomic E-state index is 11.0. The molecule has 0 spiro atoms. The lowest BCUT2D eigenvalue weighted by Crippen LogP contribution is -2.35. The second kappa shape index (κ2) is 5.03. The first kappa shape index (κ1) is 11.9. The zero-order chi connectivity index (χ0) is 10.7. The number of thioether (sulfide) groups is 1. The Morgan fingerprint density at radius 1 is 1.64 bits per heavy atom. The minimum atomic E-state index is -0.668. The molecular weight excluding hydrogens is 198 g/mol. The molecule has 0 bridgehead atoms. The standard InChI is InChI=1S/C10H19NO2S/c1-4-11-6-8(14-7(2)3)5-9(11)10(12)13/h7-9H,4-6H2,1-3H3,(H,12,13). The van der Waals surface area contributed by atoms with Crippen LogP contribution in [0.25, 0.3) is 0 Å². The first-order chi connectivity index (χ1) is 6.54. The van der Waals surface area contributed by atoms with E-state index in [1.165, 1.54) is 0 Å². The topological polar surface area (TPSA) is 40.5 Å². The van der Waals surface area contributed by atoms with E-state index in [0.717, 1.165) is 19.5 Å². The molecule has 0 aromatic rings. The van der Waals surface area contributed by atoms with Gasteiger partial charge in [-0.25, -0.2) is 0 Å². The first-order valence-corrected chi connectivity index (χ1v) is 6.11. The summed E-state index contributed by atoms with van der Waals surface area (Å²) in [5.74, 6) is -0.668. The fraction of sp³-hybridized carbons (Fsp3) is 0.900. The van der Waals surface area contributed by atoms with Crippen molar-refractivity contribution in [3.05, 3.63) is 0 Å². The fourth-order valence-corrected chi connectivity index (χ4v) is 3.29. The molecule has 0 aromatic heterocycles. The second-order valence-corrected chi connectivity index (χ2v) is 5.87. The maximum atomic E-state index is 11.0. The molecule has 0 radical (unpaired) electrons. The van der Waals surface area contributed by atoms with Crippen LogP contribution in [0, 0.1) is 0 Å². The van der Waals surface area contributed by atoms with Crippen LogP contribution in [0.5, 0.6) is 0 Å². The smallest absolute Gasteiger partial charge is 0.320 e. The van der Waals surface area contributed by atoms with Crippen LogP contribution in [-0.4, -0.2) is 45.6 Å². The molecule has 1 aliphatic rings. The van der Waals surface area contributed by atoms with Gasteiger partial charge in [0.05, 0.1) is 0 Å². The summed E-state index contributed by atoms with van der Waals surface area (Å²) in [5.41, 5.74) is 0. The summed E-state index contributed by atoms with van der Waals surface area (Å²) >= 11 is 1.90. The van der Waals surface area contributed by atoms with E-state index in [1.807, 2.05) is 18.7 Å². The highest BCUT2D eigenvalue weighted by atomic mass is 32.2. The van der Waals surface area contributed by atoms with E-state index in [2.05, 4.69) is 18.7 Å². The van der Waals surface area contributed by atoms with E-state index in [1.54, 1.807) is 0 Å². The van der Waals surface area contributed by atoms with Gasteiger partial charge in [0, 0.05) is 11.8 Å². The van der Waals surface area contributed by atoms with Gasteiger partial charge in [0.15, 0.2) is 0 Å². The SMILES string of the molecule is CCN1CC(SC(C)C)CC1C(=O)O. The molecule has 4 heteroatoms. The van der Waals surface area contributed by atoms with Gasteiger partial charge in [-0.15, -0.1) is 0 Å². The number of likely N-dealkylation sites (tertiary alicyclic amines) is 1. The number of hydrogen-bond donors (Lipinski definition) is 1. The van der Waals surface area contributed by atoms with Crippen LogP contribution in [0.2, 0.25) is 0 Å². The minimum Gasteiger partial charge on any atom is -0.480 e. The molecule has 1 heterocycles. The molecule has 1 rings (SSSR count). The Morgan fingerprint density at radius 3 is 2.64 bits per heavy atom. The van der Waals surface area contributed by atoms with Crippen molar-refractivity contribution in [2.45, 2.75) is 43.7 Å². The summed E-state index contributed by atoms with van der Waals surface area (Å²) in [4.78, 5) is 13.0. The summed E-state index contributed by atoms with van der Waals surface area (Å²) in [7, 11) is 0. The van der Waals surface area contributed by atoms with Crippen LogP contribution >= 0.6 is 11.8 Å². The number of carboxylic acids is 1. The molecule has 1 saturated heterocycles. The molecule has 1 fully saturated rings. The molecule has 1 N–H and O–H groups in total. The number of carbonyl (C=O) groups is 1. The number of aliphatic carboxylic acids is 1. The predicted octanol–water partition coefficient (Wildman–Crippen LogP) is 1.68. The van der Waals surface area contributed by atoms with Crippen LogP contribution in [0.15, 0.2) is 0 Å². The first-order valence-electron chi connectivity index (χ1n) is 5.17. The quantitative estimate of drug-likeness (QED) is 0.778. The van der Waals surface area contributed by atoms with Gasteiger partial charge in [0.2, 0.25) is 0 Å². The highest BCUT2D eigenvalue weighted by Crippen LogP contribution is 2.29. The number of nitrogens with zero attached hydrogens (tertiary/aromatic N) is 1. The number of hydrogen-bond acceptors (Lipinski definition) is 3. The van der Waals surface area contributed by atoms with Gasteiger partial charge in [-0.05, 0) is 18.2 Å². The monoisotopic (exact) mass is 217 g/mol. The van der Waals surface area contributed by atoms with Crippen LogP contribution in [0.1, 0.15) is 27.2 Å². The van der Waals surface area contributed by atoms with Crippen LogP contribution in [0.4, 0.5) is 0 Å². The maximum Gasteiger partial charge on any atom is 0.320 e. The van der Waals surface area contributed by atoms with Crippen molar-refractivity contribution in [3.8, 4) is 0 Å². The van der Waals surface area contributed by atoms with Gasteiger partial charge in [0.25, 0.3) is 0 Å². The third kappa shape index (κ3) is 2.89. The van der Waals surface area contributed by atoms with Gasteiger partial charge in [-0.2, -0.15) is 11.8 Å². The number of carboxylic acid groups (broad SMARTS) is 1. The Balaban J connectivity index is 2.52. The van der Waals surface area contributed by atoms with Crippen molar-refractivity contribution in [1.82, 2.24) is 4.90 Å². The predicted molar refractivity (Wildman–Crippen MR) is 59.8 cm³/mol. The largest absolute Gasteiger partial charge is 0.480 e. The number of likely N-dealkylation sites (N-methyl/N-ethyl adjacent to an activating group) is 1. The molecular formula is C10H19NO2S. The average Bonchev–Trinajstić information content (AvgIpc) is 2.46. The van der Waals surface area contributed by atoms with Gasteiger partial charge >= 0.3 is 5.97 Å². The lowest BCUT2D eigenvalue weighted by atomic mass is 10.2. The Bertz CT molecular complexity index is 208. The third-order valence-electron chi connectivity index (χ3n) is 2.52. The lowest BCUT2D eigenvalue weighted by molar-refractivity contribution is -0.142. The van der Waals surface area contributed by atoms with Crippen molar-refractivity contribution in [2.24, 2.45) is 0 Å². The zero-order valence-electron chi connectivity index (χ0n) is 9.06. The Labute approximate surface area is 89.9 Å². The molecule has 2 unspecified atom stereocenters. The molecule has 0 aromatic carbocycles. The van der Waals surface area contributed by atoms with Crippen molar-refractivity contribution in [2.75, 3.05) is 13.1 Å². The zero-order valence-corrected chi connectivity index (χ0v) is 9.88. The highest BCUT2D eigenvalue weighted by molar-refractivity contribution is 8.00. The van der Waals surface area contributed by atoms with E-state index in [4.69, 9.17) is 5.11 Å². The van der Waals surface area contributed by atoms with E-state index in [-0.39, 0.29) is 6.04 Å². The van der Waals surface area contributed by atoms with Crippen LogP contribution in [-0.2, 0) is 4.79 Å². The Morgan fingerprint density at radius 2 is 2.29 bits per heavy atom. The molecule has 0 aliphatic carbocycles. The van der Waals surface area contributed by atoms with Crippen molar-refractivity contribution in [3.63, 3.8) is 0 Å². The van der Waals surface area contributed by atoms with Crippen LogP contribution in [0.3, 0.4) is 0 Å². The van der Waals surface area contributed by atoms with Crippen molar-refractivity contribution < 1.29 is 9.90 Å². The van der Waals surface area contributed by atoms with E-state index < -0.39 is 5.97 Å². The number of rotatable bonds is 4. The summed E-state index contributed by atoms with van der Waals surface area (Å²) in [6.45, 7) is 8.12. The summed E-state index contributed by atoms with van der Waals surface area (Å²) in [6, 6.07) is -0.253. The lowest BCUT2D eigenvalue weighted by Gasteiger charge is -2.18. The molecule has 0 amide bonds. The van der Waals surface area contributed by atoms with Gasteiger partial charge in [-0.3, -0.25) is 9.69 Å². The molecule has 1 aliphatic heterocycles. The summed E-state index contributed by atoms with van der Waals surface area (Å²) < 4.78 is 0. The van der Waals surface area contributed by atoms with Gasteiger partial charge in [-0.1, -0.05) is 20.8 Å². The molecule has 0 saturated carbocycles. The Hall–Kier alpha value is -0.220. The molecule has 3 nitrogen and oxygen atoms in total. The summed E-state index contributed by atoms with van der Waals surface area (Å²) in [6.07, 6.45) is 0.798. The van der Waals surface area contributed by atoms with Crippen molar-refractivity contribution >= 4 is 17.7 Å². The minimum absolute atomic E-state index is 0.253. The van der Waals surface area contributed by atoms with Crippen LogP contribution < -0.4 is 0 Å². The highest BCUT2D eigenvalue weighted by Gasteiger charge is 2.36. The molecule has 82 valence electrons. The van der Waals surface area contributed by atoms with Crippen molar-refractivity contribution in [1.29, 1.82) is 0 Å². The van der Waals surface area contributed by atoms with E-state index in [0.29, 0.717) is 10.5 Å². The normalized spacial score (nSPS) is 28.6. The molecule has 2 atom stereocenters. The average molecular weight is 217 g/mol. The Kier molecular flexibility index (Phi) is 4.26. The van der Waals surface area contributed by atoms with Gasteiger partial charge in [0.1, 0.15) is 6.04 Å². The fourth-order valence-electron chi connectivity index (χ4n) is 1.95. The summed E-state index contributed by atoms with van der Waals surface area (Å²) in [5, 5.41) is 10.1.